The van der Waals surface area contributed by atoms with Crippen molar-refractivity contribution in [1.29, 1.82) is 0 Å². The lowest BCUT2D eigenvalue weighted by Gasteiger charge is -2.16. The highest BCUT2D eigenvalue weighted by atomic mass is 19.1. The molecule has 0 saturated heterocycles. The maximum atomic E-state index is 13.7. The number of urea groups is 1. The molecule has 0 aromatic heterocycles. The number of carbonyl (C=O) groups is 2. The summed E-state index contributed by atoms with van der Waals surface area (Å²) in [6.45, 7) is 1.60. The van der Waals surface area contributed by atoms with Crippen LogP contribution < -0.4 is 16.0 Å². The molecule has 8 heteroatoms. The van der Waals surface area contributed by atoms with Gasteiger partial charge in [-0.05, 0) is 49.7 Å². The van der Waals surface area contributed by atoms with Crippen molar-refractivity contribution in [2.75, 3.05) is 24.4 Å². The lowest BCUT2D eigenvalue weighted by atomic mass is 10.1. The first kappa shape index (κ1) is 20.3. The topological polar surface area (TPSA) is 79.5 Å². The van der Waals surface area contributed by atoms with Crippen LogP contribution in [0.4, 0.5) is 25.0 Å². The van der Waals surface area contributed by atoms with E-state index < -0.39 is 23.7 Å². The minimum atomic E-state index is -0.643. The van der Waals surface area contributed by atoms with E-state index in [1.165, 1.54) is 25.3 Å². The molecular weight excluding hydrogens is 356 g/mol. The fourth-order valence-corrected chi connectivity index (χ4v) is 2.44. The Labute approximate surface area is 155 Å². The molecule has 0 heterocycles. The molecule has 0 radical (unpaired) electrons. The molecule has 1 atom stereocenters. The van der Waals surface area contributed by atoms with Crippen LogP contribution in [0, 0.1) is 11.6 Å². The van der Waals surface area contributed by atoms with E-state index in [1.807, 2.05) is 0 Å². The molecule has 2 aromatic carbocycles. The van der Waals surface area contributed by atoms with Gasteiger partial charge in [0, 0.05) is 30.1 Å². The standard InChI is InChI=1S/C19H21F2N3O3/c1-12(10-15-16(20)4-3-5-17(15)21)22-19(26)24-14-8-6-13(7-9-14)23-18(25)11-27-2/h3-9,12H,10-11H2,1-2H3,(H,23,25)(H2,22,24,26). The van der Waals surface area contributed by atoms with Gasteiger partial charge >= 0.3 is 6.03 Å². The van der Waals surface area contributed by atoms with Crippen molar-refractivity contribution in [3.05, 3.63) is 59.7 Å². The third-order valence-electron chi connectivity index (χ3n) is 3.65. The number of carbonyl (C=O) groups excluding carboxylic acids is 2. The summed E-state index contributed by atoms with van der Waals surface area (Å²) in [7, 11) is 1.42. The highest BCUT2D eigenvalue weighted by Gasteiger charge is 2.14. The zero-order valence-corrected chi connectivity index (χ0v) is 15.0. The van der Waals surface area contributed by atoms with E-state index in [0.717, 1.165) is 0 Å². The second kappa shape index (κ2) is 9.63. The number of methoxy groups -OCH3 is 1. The Balaban J connectivity index is 1.87. The number of rotatable bonds is 7. The monoisotopic (exact) mass is 377 g/mol. The lowest BCUT2D eigenvalue weighted by Crippen LogP contribution is -2.37. The first-order valence-corrected chi connectivity index (χ1v) is 8.28. The van der Waals surface area contributed by atoms with E-state index in [2.05, 4.69) is 16.0 Å². The Morgan fingerprint density at radius 3 is 2.11 bits per heavy atom. The summed E-state index contributed by atoms with van der Waals surface area (Å²) in [6.07, 6.45) is 0.0242. The van der Waals surface area contributed by atoms with E-state index in [1.54, 1.807) is 31.2 Å². The smallest absolute Gasteiger partial charge is 0.319 e. The van der Waals surface area contributed by atoms with Gasteiger partial charge in [-0.25, -0.2) is 13.6 Å². The van der Waals surface area contributed by atoms with Crippen molar-refractivity contribution in [3.63, 3.8) is 0 Å². The fourth-order valence-electron chi connectivity index (χ4n) is 2.44. The number of hydrogen-bond donors (Lipinski definition) is 3. The van der Waals surface area contributed by atoms with Gasteiger partial charge in [0.15, 0.2) is 0 Å². The van der Waals surface area contributed by atoms with Crippen molar-refractivity contribution in [2.24, 2.45) is 0 Å². The molecular formula is C19H21F2N3O3. The van der Waals surface area contributed by atoms with Crippen LogP contribution in [0.5, 0.6) is 0 Å². The van der Waals surface area contributed by atoms with E-state index in [-0.39, 0.29) is 24.5 Å². The van der Waals surface area contributed by atoms with Crippen molar-refractivity contribution in [2.45, 2.75) is 19.4 Å². The maximum Gasteiger partial charge on any atom is 0.319 e. The summed E-state index contributed by atoms with van der Waals surface area (Å²) in [5.41, 5.74) is 0.995. The van der Waals surface area contributed by atoms with E-state index >= 15 is 0 Å². The summed E-state index contributed by atoms with van der Waals surface area (Å²) in [4.78, 5) is 23.5. The number of anilines is 2. The first-order valence-electron chi connectivity index (χ1n) is 8.28. The largest absolute Gasteiger partial charge is 0.375 e. The van der Waals surface area contributed by atoms with Gasteiger partial charge in [0.1, 0.15) is 18.2 Å². The fraction of sp³-hybridized carbons (Fsp3) is 0.263. The van der Waals surface area contributed by atoms with E-state index in [0.29, 0.717) is 11.4 Å². The number of benzene rings is 2. The summed E-state index contributed by atoms with van der Waals surface area (Å²) >= 11 is 0. The lowest BCUT2D eigenvalue weighted by molar-refractivity contribution is -0.119. The van der Waals surface area contributed by atoms with Gasteiger partial charge in [-0.15, -0.1) is 0 Å². The Bertz CT molecular complexity index is 777. The molecule has 6 nitrogen and oxygen atoms in total. The molecule has 2 rings (SSSR count). The molecule has 0 aliphatic heterocycles. The molecule has 0 spiro atoms. The van der Waals surface area contributed by atoms with E-state index in [9.17, 15) is 18.4 Å². The Morgan fingerprint density at radius 1 is 1.00 bits per heavy atom. The highest BCUT2D eigenvalue weighted by Crippen LogP contribution is 2.15. The first-order chi connectivity index (χ1) is 12.9. The van der Waals surface area contributed by atoms with Crippen LogP contribution in [0.15, 0.2) is 42.5 Å². The van der Waals surface area contributed by atoms with Crippen molar-refractivity contribution >= 4 is 23.3 Å². The molecule has 0 aliphatic rings. The molecule has 27 heavy (non-hydrogen) atoms. The van der Waals surface area contributed by atoms with Crippen molar-refractivity contribution < 1.29 is 23.1 Å². The van der Waals surface area contributed by atoms with Gasteiger partial charge < -0.3 is 20.7 Å². The van der Waals surface area contributed by atoms with Crippen LogP contribution in [0.1, 0.15) is 12.5 Å². The maximum absolute atomic E-state index is 13.7. The highest BCUT2D eigenvalue weighted by molar-refractivity contribution is 5.93. The second-order valence-electron chi connectivity index (χ2n) is 5.96. The molecule has 0 aliphatic carbocycles. The molecule has 3 amide bonds. The number of amides is 3. The van der Waals surface area contributed by atoms with Crippen LogP contribution in [0.25, 0.3) is 0 Å². The second-order valence-corrected chi connectivity index (χ2v) is 5.96. The predicted octanol–water partition coefficient (Wildman–Crippen LogP) is 3.30. The average Bonchev–Trinajstić information content (AvgIpc) is 2.60. The summed E-state index contributed by atoms with van der Waals surface area (Å²) in [5, 5.41) is 7.87. The van der Waals surface area contributed by atoms with Gasteiger partial charge in [-0.1, -0.05) is 6.07 Å². The van der Waals surface area contributed by atoms with Gasteiger partial charge in [0.25, 0.3) is 0 Å². The summed E-state index contributed by atoms with van der Waals surface area (Å²) in [5.74, 6) is -1.57. The van der Waals surface area contributed by atoms with Gasteiger partial charge in [-0.3, -0.25) is 4.79 Å². The van der Waals surface area contributed by atoms with Crippen LogP contribution >= 0.6 is 0 Å². The molecule has 0 saturated carbocycles. The van der Waals surface area contributed by atoms with Gasteiger partial charge in [-0.2, -0.15) is 0 Å². The number of ether oxygens (including phenoxy) is 1. The number of halogens is 2. The quantitative estimate of drug-likeness (QED) is 0.693. The zero-order chi connectivity index (χ0) is 19.8. The van der Waals surface area contributed by atoms with Crippen LogP contribution in [0.2, 0.25) is 0 Å². The van der Waals surface area contributed by atoms with Gasteiger partial charge in [0.05, 0.1) is 0 Å². The van der Waals surface area contributed by atoms with Crippen LogP contribution in [0.3, 0.4) is 0 Å². The number of hydrogen-bond acceptors (Lipinski definition) is 3. The normalized spacial score (nSPS) is 11.6. The number of nitrogens with one attached hydrogen (secondary N) is 3. The minimum absolute atomic E-state index is 0.0242. The molecule has 3 N–H and O–H groups in total. The molecule has 1 unspecified atom stereocenters. The molecule has 2 aromatic rings. The molecule has 0 fully saturated rings. The van der Waals surface area contributed by atoms with Crippen molar-refractivity contribution in [3.8, 4) is 0 Å². The van der Waals surface area contributed by atoms with E-state index in [4.69, 9.17) is 4.74 Å². The van der Waals surface area contributed by atoms with Crippen LogP contribution in [-0.2, 0) is 16.0 Å². The Hall–Kier alpha value is -3.00. The van der Waals surface area contributed by atoms with Gasteiger partial charge in [0.2, 0.25) is 5.91 Å². The zero-order valence-electron chi connectivity index (χ0n) is 15.0. The summed E-state index contributed by atoms with van der Waals surface area (Å²) < 4.78 is 32.1. The third kappa shape index (κ3) is 6.34. The summed E-state index contributed by atoms with van der Waals surface area (Å²) in [6, 6.07) is 9.14. The average molecular weight is 377 g/mol. The molecule has 144 valence electrons. The SMILES string of the molecule is COCC(=O)Nc1ccc(NC(=O)NC(C)Cc2c(F)cccc2F)cc1. The third-order valence-corrected chi connectivity index (χ3v) is 3.65. The Kier molecular flexibility index (Phi) is 7.25. The minimum Gasteiger partial charge on any atom is -0.375 e. The van der Waals surface area contributed by atoms with Crippen molar-refractivity contribution in [1.82, 2.24) is 5.32 Å². The Morgan fingerprint density at radius 2 is 1.56 bits per heavy atom. The molecule has 0 bridgehead atoms. The predicted molar refractivity (Wildman–Crippen MR) is 98.6 cm³/mol. The van der Waals surface area contributed by atoms with Crippen LogP contribution in [-0.4, -0.2) is 31.7 Å².